The number of nitrogens with zero attached hydrogens (tertiary/aromatic N) is 1. The van der Waals surface area contributed by atoms with E-state index in [4.69, 9.17) is 4.74 Å². The Labute approximate surface area is 155 Å². The molecule has 5 nitrogen and oxygen atoms in total. The molecular formula is C22H15NO4. The van der Waals surface area contributed by atoms with Crippen LogP contribution in [-0.2, 0) is 0 Å². The van der Waals surface area contributed by atoms with Crippen molar-refractivity contribution in [2.45, 2.75) is 6.10 Å². The molecule has 1 aliphatic rings. The summed E-state index contributed by atoms with van der Waals surface area (Å²) in [6, 6.07) is 22.8. The molecule has 0 saturated heterocycles. The summed E-state index contributed by atoms with van der Waals surface area (Å²) in [5, 5.41) is 11.4. The first kappa shape index (κ1) is 16.7. The summed E-state index contributed by atoms with van der Waals surface area (Å²) in [5.41, 5.74) is 1.95. The highest BCUT2D eigenvalue weighted by Gasteiger charge is 2.33. The maximum atomic E-state index is 13.2. The number of nitro benzene ring substituents is 1. The van der Waals surface area contributed by atoms with Gasteiger partial charge in [0.2, 0.25) is 0 Å². The molecule has 1 aliphatic heterocycles. The van der Waals surface area contributed by atoms with E-state index in [1.165, 1.54) is 6.07 Å². The fraction of sp³-hybridized carbons (Fsp3) is 0.0455. The van der Waals surface area contributed by atoms with E-state index in [1.807, 2.05) is 36.4 Å². The van der Waals surface area contributed by atoms with Gasteiger partial charge in [0.1, 0.15) is 5.75 Å². The normalized spacial score (nSPS) is 17.3. The summed E-state index contributed by atoms with van der Waals surface area (Å²) >= 11 is 0. The summed E-state index contributed by atoms with van der Waals surface area (Å²) in [6.45, 7) is 0. The van der Waals surface area contributed by atoms with Gasteiger partial charge in [0, 0.05) is 11.6 Å². The summed E-state index contributed by atoms with van der Waals surface area (Å²) < 4.78 is 6.11. The van der Waals surface area contributed by atoms with E-state index >= 15 is 0 Å². The van der Waals surface area contributed by atoms with Gasteiger partial charge in [0.15, 0.2) is 11.9 Å². The minimum absolute atomic E-state index is 0.0523. The number of hydrogen-bond acceptors (Lipinski definition) is 4. The van der Waals surface area contributed by atoms with Crippen LogP contribution < -0.4 is 4.74 Å². The number of benzene rings is 3. The van der Waals surface area contributed by atoms with Crippen molar-refractivity contribution in [1.82, 2.24) is 0 Å². The van der Waals surface area contributed by atoms with Gasteiger partial charge < -0.3 is 4.74 Å². The van der Waals surface area contributed by atoms with E-state index in [0.717, 1.165) is 5.56 Å². The fourth-order valence-electron chi connectivity index (χ4n) is 3.18. The van der Waals surface area contributed by atoms with Gasteiger partial charge in [-0.05, 0) is 29.8 Å². The summed E-state index contributed by atoms with van der Waals surface area (Å²) in [6.07, 6.45) is 0.932. The lowest BCUT2D eigenvalue weighted by atomic mass is 9.89. The first-order valence-electron chi connectivity index (χ1n) is 8.45. The van der Waals surface area contributed by atoms with Gasteiger partial charge in [-0.15, -0.1) is 0 Å². The van der Waals surface area contributed by atoms with Gasteiger partial charge in [-0.3, -0.25) is 14.9 Å². The number of nitro groups is 1. The SMILES string of the molecule is O=C1/C(=C/c2ccccc2[N+](=O)[O-])[C@H](c2ccccc2)Oc2ccccc21. The standard InChI is InChI=1S/C22H15NO4/c24-21-17-11-5-7-13-20(17)27-22(15-8-2-1-3-9-15)18(21)14-16-10-4-6-12-19(16)23(25)26/h1-14,22H/b18-14-/t22-/m0/s1. The van der Waals surface area contributed by atoms with Crippen molar-refractivity contribution in [2.75, 3.05) is 0 Å². The predicted molar refractivity (Wildman–Crippen MR) is 102 cm³/mol. The highest BCUT2D eigenvalue weighted by molar-refractivity contribution is 6.14. The second-order valence-electron chi connectivity index (χ2n) is 6.15. The Balaban J connectivity index is 1.90. The average molecular weight is 357 g/mol. The van der Waals surface area contributed by atoms with E-state index < -0.39 is 11.0 Å². The highest BCUT2D eigenvalue weighted by atomic mass is 16.6. The van der Waals surface area contributed by atoms with Gasteiger partial charge in [-0.25, -0.2) is 0 Å². The molecule has 0 unspecified atom stereocenters. The zero-order valence-corrected chi connectivity index (χ0v) is 14.2. The molecule has 4 rings (SSSR count). The molecule has 27 heavy (non-hydrogen) atoms. The molecule has 0 aromatic heterocycles. The van der Waals surface area contributed by atoms with Crippen LogP contribution in [0, 0.1) is 10.1 Å². The average Bonchev–Trinajstić information content (AvgIpc) is 2.71. The highest BCUT2D eigenvalue weighted by Crippen LogP contribution is 2.39. The molecule has 3 aromatic carbocycles. The van der Waals surface area contributed by atoms with Crippen molar-refractivity contribution in [3.05, 3.63) is 111 Å². The first-order valence-corrected chi connectivity index (χ1v) is 8.45. The van der Waals surface area contributed by atoms with Crippen LogP contribution in [-0.4, -0.2) is 10.7 Å². The Hall–Kier alpha value is -3.73. The second-order valence-corrected chi connectivity index (χ2v) is 6.15. The number of fused-ring (bicyclic) bond motifs is 1. The largest absolute Gasteiger partial charge is 0.480 e. The lowest BCUT2D eigenvalue weighted by Crippen LogP contribution is -2.23. The number of carbonyl (C=O) groups excluding carboxylic acids is 1. The third-order valence-corrected chi connectivity index (χ3v) is 4.47. The molecule has 0 bridgehead atoms. The molecule has 0 N–H and O–H groups in total. The zero-order chi connectivity index (χ0) is 18.8. The molecule has 0 spiro atoms. The lowest BCUT2D eigenvalue weighted by Gasteiger charge is -2.28. The van der Waals surface area contributed by atoms with Crippen LogP contribution in [0.4, 0.5) is 5.69 Å². The quantitative estimate of drug-likeness (QED) is 0.376. The third-order valence-electron chi connectivity index (χ3n) is 4.47. The zero-order valence-electron chi connectivity index (χ0n) is 14.2. The number of ether oxygens (including phenoxy) is 1. The molecule has 0 aliphatic carbocycles. The van der Waals surface area contributed by atoms with E-state index in [2.05, 4.69) is 0 Å². The Morgan fingerprint density at radius 1 is 0.889 bits per heavy atom. The molecule has 1 atom stereocenters. The van der Waals surface area contributed by atoms with Crippen molar-refractivity contribution in [2.24, 2.45) is 0 Å². The third kappa shape index (κ3) is 3.11. The van der Waals surface area contributed by atoms with Crippen LogP contribution in [0.5, 0.6) is 5.75 Å². The molecule has 0 fully saturated rings. The fourth-order valence-corrected chi connectivity index (χ4v) is 3.18. The minimum Gasteiger partial charge on any atom is -0.480 e. The summed E-state index contributed by atoms with van der Waals surface area (Å²) in [4.78, 5) is 24.1. The van der Waals surface area contributed by atoms with Crippen LogP contribution in [0.25, 0.3) is 6.08 Å². The van der Waals surface area contributed by atoms with Crippen molar-refractivity contribution < 1.29 is 14.5 Å². The van der Waals surface area contributed by atoms with Crippen LogP contribution in [0.2, 0.25) is 0 Å². The first-order chi connectivity index (χ1) is 13.1. The van der Waals surface area contributed by atoms with Gasteiger partial charge in [0.25, 0.3) is 5.69 Å². The molecular weight excluding hydrogens is 342 g/mol. The Morgan fingerprint density at radius 2 is 1.56 bits per heavy atom. The summed E-state index contributed by atoms with van der Waals surface area (Å²) in [7, 11) is 0. The molecule has 0 radical (unpaired) electrons. The summed E-state index contributed by atoms with van der Waals surface area (Å²) in [5.74, 6) is 0.319. The molecule has 0 saturated carbocycles. The number of ketones is 1. The molecule has 5 heteroatoms. The van der Waals surface area contributed by atoms with Crippen LogP contribution in [0.1, 0.15) is 27.6 Å². The maximum Gasteiger partial charge on any atom is 0.276 e. The second kappa shape index (κ2) is 6.88. The van der Waals surface area contributed by atoms with Crippen molar-refractivity contribution in [3.63, 3.8) is 0 Å². The predicted octanol–water partition coefficient (Wildman–Crippen LogP) is 4.99. The number of rotatable bonds is 3. The molecule has 132 valence electrons. The maximum absolute atomic E-state index is 13.2. The van der Waals surface area contributed by atoms with E-state index in [1.54, 1.807) is 42.5 Å². The minimum atomic E-state index is -0.631. The van der Waals surface area contributed by atoms with Gasteiger partial charge in [-0.1, -0.05) is 54.6 Å². The Morgan fingerprint density at radius 3 is 2.33 bits per heavy atom. The van der Waals surface area contributed by atoms with Crippen LogP contribution in [0.15, 0.2) is 84.4 Å². The number of para-hydroxylation sites is 2. The van der Waals surface area contributed by atoms with Crippen molar-refractivity contribution in [1.29, 1.82) is 0 Å². The van der Waals surface area contributed by atoms with Crippen LogP contribution >= 0.6 is 0 Å². The Bertz CT molecular complexity index is 1060. The molecule has 3 aromatic rings. The van der Waals surface area contributed by atoms with Gasteiger partial charge >= 0.3 is 0 Å². The lowest BCUT2D eigenvalue weighted by molar-refractivity contribution is -0.385. The molecule has 0 amide bonds. The van der Waals surface area contributed by atoms with E-state index in [9.17, 15) is 14.9 Å². The number of Topliss-reactive ketones (excluding diaryl/α,β-unsaturated/α-hetero) is 1. The smallest absolute Gasteiger partial charge is 0.276 e. The topological polar surface area (TPSA) is 69.4 Å². The van der Waals surface area contributed by atoms with E-state index in [-0.39, 0.29) is 11.5 Å². The number of hydrogen-bond donors (Lipinski definition) is 0. The Kier molecular flexibility index (Phi) is 4.26. The van der Waals surface area contributed by atoms with E-state index in [0.29, 0.717) is 22.4 Å². The molecule has 1 heterocycles. The van der Waals surface area contributed by atoms with Crippen molar-refractivity contribution in [3.8, 4) is 5.75 Å². The van der Waals surface area contributed by atoms with Gasteiger partial charge in [0.05, 0.1) is 16.1 Å². The van der Waals surface area contributed by atoms with Crippen LogP contribution in [0.3, 0.4) is 0 Å². The van der Waals surface area contributed by atoms with Gasteiger partial charge in [-0.2, -0.15) is 0 Å². The van der Waals surface area contributed by atoms with Crippen molar-refractivity contribution >= 4 is 17.5 Å². The number of carbonyl (C=O) groups is 1. The monoisotopic (exact) mass is 357 g/mol.